The van der Waals surface area contributed by atoms with E-state index in [2.05, 4.69) is 0 Å². The molecule has 0 amide bonds. The molecular weight excluding hydrogens is 214 g/mol. The summed E-state index contributed by atoms with van der Waals surface area (Å²) in [5.41, 5.74) is 0. The molecule has 0 aliphatic carbocycles. The zero-order valence-corrected chi connectivity index (χ0v) is 10.5. The number of rotatable bonds is 5. The third kappa shape index (κ3) is 6.00. The van der Waals surface area contributed by atoms with Crippen molar-refractivity contribution in [1.29, 1.82) is 0 Å². The molecule has 5 nitrogen and oxygen atoms in total. The summed E-state index contributed by atoms with van der Waals surface area (Å²) in [6.07, 6.45) is 3.37. The van der Waals surface area contributed by atoms with Crippen LogP contribution in [0.1, 0.15) is 13.3 Å². The molecule has 0 aromatic rings. The first-order chi connectivity index (χ1) is 6.78. The molecule has 0 aromatic carbocycles. The average Bonchev–Trinajstić information content (AvgIpc) is 2.00. The molecule has 0 saturated carbocycles. The van der Waals surface area contributed by atoms with Crippen LogP contribution in [0.15, 0.2) is 12.2 Å². The summed E-state index contributed by atoms with van der Waals surface area (Å²) in [5.74, 6) is -0.725. The van der Waals surface area contributed by atoms with Crippen LogP contribution in [0.2, 0.25) is 19.6 Å². The van der Waals surface area contributed by atoms with E-state index in [0.29, 0.717) is 0 Å². The van der Waals surface area contributed by atoms with E-state index in [-0.39, 0.29) is 6.42 Å². The highest BCUT2D eigenvalue weighted by Gasteiger charge is 2.33. The number of carbonyl (C=O) groups is 1. The van der Waals surface area contributed by atoms with Gasteiger partial charge in [0.05, 0.1) is 0 Å². The fourth-order valence-electron chi connectivity index (χ4n) is 0.903. The van der Waals surface area contributed by atoms with Crippen molar-refractivity contribution in [2.24, 2.45) is 0 Å². The summed E-state index contributed by atoms with van der Waals surface area (Å²) < 4.78 is 5.08. The minimum absolute atomic E-state index is 0.0901. The first-order valence-corrected chi connectivity index (χ1v) is 8.16. The summed E-state index contributed by atoms with van der Waals surface area (Å²) in [6.45, 7) is 7.20. The van der Waals surface area contributed by atoms with Crippen LogP contribution in [0.4, 0.5) is 0 Å². The lowest BCUT2D eigenvalue weighted by Gasteiger charge is -2.18. The highest BCUT2D eigenvalue weighted by molar-refractivity contribution is 6.71. The van der Waals surface area contributed by atoms with Crippen LogP contribution in [-0.2, 0) is 9.22 Å². The Morgan fingerprint density at radius 1 is 1.53 bits per heavy atom. The van der Waals surface area contributed by atoms with Gasteiger partial charge in [0.15, 0.2) is 0 Å². The van der Waals surface area contributed by atoms with E-state index in [9.17, 15) is 14.9 Å². The minimum Gasteiger partial charge on any atom is -0.515 e. The lowest BCUT2D eigenvalue weighted by atomic mass is 10.2. The lowest BCUT2D eigenvalue weighted by Crippen LogP contribution is -2.38. The van der Waals surface area contributed by atoms with Gasteiger partial charge in [-0.1, -0.05) is 12.2 Å². The van der Waals surface area contributed by atoms with Gasteiger partial charge < -0.3 is 4.43 Å². The predicted molar refractivity (Wildman–Crippen MR) is 59.7 cm³/mol. The fourth-order valence-corrected chi connectivity index (χ4v) is 1.64. The first-order valence-electron chi connectivity index (χ1n) is 4.75. The Bertz CT molecular complexity index is 270. The van der Waals surface area contributed by atoms with Crippen molar-refractivity contribution < 1.29 is 14.1 Å². The van der Waals surface area contributed by atoms with Crippen LogP contribution < -0.4 is 0 Å². The van der Waals surface area contributed by atoms with E-state index >= 15 is 0 Å². The topological polar surface area (TPSA) is 69.4 Å². The molecule has 0 fully saturated rings. The Kier molecular flexibility index (Phi) is 5.20. The van der Waals surface area contributed by atoms with Gasteiger partial charge in [-0.05, 0) is 26.6 Å². The van der Waals surface area contributed by atoms with Crippen LogP contribution in [0.5, 0.6) is 0 Å². The van der Waals surface area contributed by atoms with Crippen molar-refractivity contribution >= 4 is 14.3 Å². The molecule has 0 radical (unpaired) electrons. The van der Waals surface area contributed by atoms with Crippen molar-refractivity contribution in [3.05, 3.63) is 22.3 Å². The Morgan fingerprint density at radius 2 is 2.07 bits per heavy atom. The maximum atomic E-state index is 11.4. The van der Waals surface area contributed by atoms with E-state index < -0.39 is 25.3 Å². The maximum absolute atomic E-state index is 11.4. The normalized spacial score (nSPS) is 13.9. The van der Waals surface area contributed by atoms with E-state index in [0.717, 1.165) is 0 Å². The van der Waals surface area contributed by atoms with Gasteiger partial charge in [-0.15, -0.1) is 0 Å². The van der Waals surface area contributed by atoms with E-state index in [1.807, 2.05) is 19.6 Å². The zero-order valence-electron chi connectivity index (χ0n) is 9.52. The molecule has 86 valence electrons. The van der Waals surface area contributed by atoms with Crippen molar-refractivity contribution in [2.75, 3.05) is 0 Å². The summed E-state index contributed by atoms with van der Waals surface area (Å²) >= 11 is 0. The summed E-state index contributed by atoms with van der Waals surface area (Å²) in [6, 6.07) is -1.27. The molecule has 0 aromatic heterocycles. The van der Waals surface area contributed by atoms with Crippen molar-refractivity contribution in [3.63, 3.8) is 0 Å². The van der Waals surface area contributed by atoms with Crippen LogP contribution in [-0.4, -0.2) is 25.3 Å². The summed E-state index contributed by atoms with van der Waals surface area (Å²) in [7, 11) is -2.05. The number of hydrogen-bond donors (Lipinski definition) is 0. The Hall–Kier alpha value is -1.17. The van der Waals surface area contributed by atoms with Crippen LogP contribution in [0.3, 0.4) is 0 Å². The average molecular weight is 231 g/mol. The quantitative estimate of drug-likeness (QED) is 0.314. The number of allylic oxidation sites excluding steroid dienone is 1. The van der Waals surface area contributed by atoms with Gasteiger partial charge in [0.1, 0.15) is 0 Å². The number of hydrogen-bond acceptors (Lipinski definition) is 4. The molecule has 0 aliphatic rings. The van der Waals surface area contributed by atoms with Gasteiger partial charge in [0.25, 0.3) is 0 Å². The molecule has 0 N–H and O–H groups in total. The van der Waals surface area contributed by atoms with Gasteiger partial charge in [0, 0.05) is 11.3 Å². The Morgan fingerprint density at radius 3 is 2.40 bits per heavy atom. The lowest BCUT2D eigenvalue weighted by molar-refractivity contribution is -0.508. The van der Waals surface area contributed by atoms with E-state index in [1.165, 1.54) is 0 Å². The van der Waals surface area contributed by atoms with Gasteiger partial charge in [-0.3, -0.25) is 10.1 Å². The van der Waals surface area contributed by atoms with Gasteiger partial charge in [-0.2, -0.15) is 0 Å². The third-order valence-electron chi connectivity index (χ3n) is 1.53. The van der Waals surface area contributed by atoms with E-state index in [1.54, 1.807) is 19.1 Å². The van der Waals surface area contributed by atoms with Crippen molar-refractivity contribution in [1.82, 2.24) is 0 Å². The molecule has 1 unspecified atom stereocenters. The summed E-state index contributed by atoms with van der Waals surface area (Å²) in [5, 5.41) is 10.6. The molecule has 0 heterocycles. The fraction of sp³-hybridized carbons (Fsp3) is 0.667. The van der Waals surface area contributed by atoms with Crippen LogP contribution >= 0.6 is 0 Å². The second-order valence-electron chi connectivity index (χ2n) is 4.14. The largest absolute Gasteiger partial charge is 0.515 e. The smallest absolute Gasteiger partial charge is 0.368 e. The SMILES string of the molecule is CC=CCC(C(=O)O[Si](C)(C)C)[N+](=O)[O-]. The molecule has 6 heteroatoms. The van der Waals surface area contributed by atoms with Gasteiger partial charge in [-0.25, -0.2) is 4.79 Å². The minimum atomic E-state index is -2.05. The third-order valence-corrected chi connectivity index (χ3v) is 2.34. The molecule has 0 saturated heterocycles. The first kappa shape index (κ1) is 13.8. The molecule has 15 heavy (non-hydrogen) atoms. The van der Waals surface area contributed by atoms with Crippen LogP contribution in [0, 0.1) is 10.1 Å². The van der Waals surface area contributed by atoms with E-state index in [4.69, 9.17) is 4.43 Å². The molecule has 1 atom stereocenters. The predicted octanol–water partition coefficient (Wildman–Crippen LogP) is 1.98. The molecule has 0 bridgehead atoms. The highest BCUT2D eigenvalue weighted by Crippen LogP contribution is 2.09. The molecule has 0 rings (SSSR count). The maximum Gasteiger partial charge on any atom is 0.368 e. The monoisotopic (exact) mass is 231 g/mol. The Balaban J connectivity index is 4.50. The number of carbonyl (C=O) groups excluding carboxylic acids is 1. The van der Waals surface area contributed by atoms with Gasteiger partial charge in [0.2, 0.25) is 8.32 Å². The second kappa shape index (κ2) is 5.65. The standard InChI is InChI=1S/C9H17NO4Si/c1-5-6-7-8(10(12)13)9(11)14-15(2,3)4/h5-6,8H,7H2,1-4H3. The Labute approximate surface area is 90.4 Å². The van der Waals surface area contributed by atoms with Crippen LogP contribution in [0.25, 0.3) is 0 Å². The molecular formula is C9H17NO4Si. The highest BCUT2D eigenvalue weighted by atomic mass is 28.4. The van der Waals surface area contributed by atoms with Gasteiger partial charge >= 0.3 is 12.0 Å². The number of nitro groups is 1. The second-order valence-corrected chi connectivity index (χ2v) is 8.57. The van der Waals surface area contributed by atoms with Crippen molar-refractivity contribution in [2.45, 2.75) is 39.0 Å². The number of nitrogens with zero attached hydrogens (tertiary/aromatic N) is 1. The zero-order chi connectivity index (χ0) is 12.1. The summed E-state index contributed by atoms with van der Waals surface area (Å²) in [4.78, 5) is 21.5. The molecule has 0 aliphatic heterocycles. The van der Waals surface area contributed by atoms with Crippen molar-refractivity contribution in [3.8, 4) is 0 Å². The molecule has 0 spiro atoms.